The molecule has 1 aliphatic rings. The van der Waals surface area contributed by atoms with Crippen LogP contribution >= 0.6 is 0 Å². The molecule has 0 saturated heterocycles. The summed E-state index contributed by atoms with van der Waals surface area (Å²) in [6.45, 7) is 2.33. The standard InChI is InChI=1S/C18H25NO5/c1-4-24-15-12-13(8-9-14(15)22-2)16(20)19-18(17(21)23-3)10-6-5-7-11-18/h8-9,12H,4-7,10-11H2,1-3H3,(H,19,20). The summed E-state index contributed by atoms with van der Waals surface area (Å²) in [4.78, 5) is 24.9. The van der Waals surface area contributed by atoms with Gasteiger partial charge in [0.25, 0.3) is 5.91 Å². The van der Waals surface area contributed by atoms with Gasteiger partial charge < -0.3 is 19.5 Å². The zero-order valence-corrected chi connectivity index (χ0v) is 14.5. The number of esters is 1. The minimum absolute atomic E-state index is 0.314. The van der Waals surface area contributed by atoms with Crippen LogP contribution in [0, 0.1) is 0 Å². The predicted molar refractivity (Wildman–Crippen MR) is 89.5 cm³/mol. The Labute approximate surface area is 142 Å². The number of amides is 1. The Hall–Kier alpha value is -2.24. The Morgan fingerprint density at radius 2 is 1.83 bits per heavy atom. The number of nitrogens with one attached hydrogen (secondary N) is 1. The van der Waals surface area contributed by atoms with Gasteiger partial charge in [-0.2, -0.15) is 0 Å². The number of benzene rings is 1. The molecule has 1 aromatic rings. The molecule has 0 aliphatic heterocycles. The van der Waals surface area contributed by atoms with Crippen molar-refractivity contribution >= 4 is 11.9 Å². The maximum Gasteiger partial charge on any atom is 0.331 e. The lowest BCUT2D eigenvalue weighted by Gasteiger charge is -2.35. The summed E-state index contributed by atoms with van der Waals surface area (Å²) < 4.78 is 15.7. The van der Waals surface area contributed by atoms with Crippen LogP contribution < -0.4 is 14.8 Å². The van der Waals surface area contributed by atoms with Crippen molar-refractivity contribution in [2.24, 2.45) is 0 Å². The van der Waals surface area contributed by atoms with E-state index in [1.54, 1.807) is 25.3 Å². The Morgan fingerprint density at radius 3 is 2.42 bits per heavy atom. The third kappa shape index (κ3) is 3.80. The van der Waals surface area contributed by atoms with Crippen LogP contribution in [0.15, 0.2) is 18.2 Å². The second kappa shape index (κ2) is 8.04. The number of methoxy groups -OCH3 is 2. The van der Waals surface area contributed by atoms with E-state index in [4.69, 9.17) is 14.2 Å². The molecule has 6 nitrogen and oxygen atoms in total. The molecule has 132 valence electrons. The molecule has 1 fully saturated rings. The van der Waals surface area contributed by atoms with Crippen molar-refractivity contribution in [3.05, 3.63) is 23.8 Å². The fraction of sp³-hybridized carbons (Fsp3) is 0.556. The van der Waals surface area contributed by atoms with Crippen molar-refractivity contribution < 1.29 is 23.8 Å². The van der Waals surface area contributed by atoms with Crippen molar-refractivity contribution in [3.63, 3.8) is 0 Å². The second-order valence-corrected chi connectivity index (χ2v) is 5.89. The quantitative estimate of drug-likeness (QED) is 0.809. The smallest absolute Gasteiger partial charge is 0.331 e. The van der Waals surface area contributed by atoms with Crippen molar-refractivity contribution in [1.82, 2.24) is 5.32 Å². The van der Waals surface area contributed by atoms with Gasteiger partial charge in [0.1, 0.15) is 5.54 Å². The van der Waals surface area contributed by atoms with Crippen LogP contribution in [0.2, 0.25) is 0 Å². The minimum atomic E-state index is -0.935. The highest BCUT2D eigenvalue weighted by Crippen LogP contribution is 2.31. The molecule has 1 aromatic carbocycles. The summed E-state index contributed by atoms with van der Waals surface area (Å²) in [6.07, 6.45) is 4.04. The second-order valence-electron chi connectivity index (χ2n) is 5.89. The van der Waals surface area contributed by atoms with E-state index in [1.165, 1.54) is 7.11 Å². The highest BCUT2D eigenvalue weighted by atomic mass is 16.5. The van der Waals surface area contributed by atoms with Crippen molar-refractivity contribution in [1.29, 1.82) is 0 Å². The van der Waals surface area contributed by atoms with Crippen LogP contribution in [0.5, 0.6) is 11.5 Å². The molecule has 1 amide bonds. The summed E-state index contributed by atoms with van der Waals surface area (Å²) in [5.41, 5.74) is -0.511. The summed E-state index contributed by atoms with van der Waals surface area (Å²) in [5.74, 6) is 0.372. The fourth-order valence-corrected chi connectivity index (χ4v) is 3.11. The van der Waals surface area contributed by atoms with E-state index in [0.29, 0.717) is 36.5 Å². The largest absolute Gasteiger partial charge is 0.493 e. The number of ether oxygens (including phenoxy) is 3. The lowest BCUT2D eigenvalue weighted by Crippen LogP contribution is -2.56. The van der Waals surface area contributed by atoms with E-state index in [2.05, 4.69) is 5.32 Å². The lowest BCUT2D eigenvalue weighted by molar-refractivity contribution is -0.149. The molecule has 0 unspecified atom stereocenters. The van der Waals surface area contributed by atoms with Gasteiger partial charge in [-0.1, -0.05) is 19.3 Å². The van der Waals surface area contributed by atoms with E-state index in [0.717, 1.165) is 19.3 Å². The maximum absolute atomic E-state index is 12.7. The van der Waals surface area contributed by atoms with E-state index < -0.39 is 5.54 Å². The molecule has 0 radical (unpaired) electrons. The zero-order chi connectivity index (χ0) is 17.6. The molecule has 0 spiro atoms. The Morgan fingerprint density at radius 1 is 1.12 bits per heavy atom. The average molecular weight is 335 g/mol. The lowest BCUT2D eigenvalue weighted by atomic mass is 9.81. The average Bonchev–Trinajstić information content (AvgIpc) is 2.62. The van der Waals surface area contributed by atoms with Gasteiger partial charge in [0.15, 0.2) is 11.5 Å². The van der Waals surface area contributed by atoms with Crippen LogP contribution in [0.1, 0.15) is 49.4 Å². The molecule has 0 aromatic heterocycles. The number of carbonyl (C=O) groups is 2. The van der Waals surface area contributed by atoms with Gasteiger partial charge in [-0.15, -0.1) is 0 Å². The number of hydrogen-bond acceptors (Lipinski definition) is 5. The third-order valence-electron chi connectivity index (χ3n) is 4.36. The van der Waals surface area contributed by atoms with Crippen LogP contribution in [-0.2, 0) is 9.53 Å². The van der Waals surface area contributed by atoms with Gasteiger partial charge in [0.05, 0.1) is 20.8 Å². The highest BCUT2D eigenvalue weighted by molar-refractivity contribution is 5.98. The molecule has 1 N–H and O–H groups in total. The zero-order valence-electron chi connectivity index (χ0n) is 14.5. The van der Waals surface area contributed by atoms with Crippen molar-refractivity contribution in [2.75, 3.05) is 20.8 Å². The molecule has 24 heavy (non-hydrogen) atoms. The van der Waals surface area contributed by atoms with Gasteiger partial charge in [0.2, 0.25) is 0 Å². The Kier molecular flexibility index (Phi) is 6.06. The van der Waals surface area contributed by atoms with E-state index in [1.807, 2.05) is 6.92 Å². The number of hydrogen-bond donors (Lipinski definition) is 1. The molecule has 2 rings (SSSR count). The first-order valence-electron chi connectivity index (χ1n) is 8.28. The normalized spacial score (nSPS) is 16.1. The van der Waals surface area contributed by atoms with Crippen molar-refractivity contribution in [2.45, 2.75) is 44.6 Å². The Bertz CT molecular complexity index is 593. The first-order valence-corrected chi connectivity index (χ1v) is 8.28. The van der Waals surface area contributed by atoms with Gasteiger partial charge in [0, 0.05) is 5.56 Å². The molecule has 0 atom stereocenters. The maximum atomic E-state index is 12.7. The van der Waals surface area contributed by atoms with E-state index in [-0.39, 0.29) is 11.9 Å². The molecule has 1 saturated carbocycles. The highest BCUT2D eigenvalue weighted by Gasteiger charge is 2.42. The predicted octanol–water partition coefficient (Wildman–Crippen LogP) is 2.70. The summed E-state index contributed by atoms with van der Waals surface area (Å²) >= 11 is 0. The fourth-order valence-electron chi connectivity index (χ4n) is 3.11. The van der Waals surface area contributed by atoms with Gasteiger partial charge >= 0.3 is 5.97 Å². The van der Waals surface area contributed by atoms with Crippen LogP contribution in [0.25, 0.3) is 0 Å². The van der Waals surface area contributed by atoms with Gasteiger partial charge in [-0.3, -0.25) is 4.79 Å². The first kappa shape index (κ1) is 18.1. The number of carbonyl (C=O) groups excluding carboxylic acids is 2. The van der Waals surface area contributed by atoms with Crippen LogP contribution in [-0.4, -0.2) is 38.2 Å². The number of rotatable bonds is 6. The Balaban J connectivity index is 2.23. The monoisotopic (exact) mass is 335 g/mol. The molecule has 1 aliphatic carbocycles. The van der Waals surface area contributed by atoms with Crippen LogP contribution in [0.4, 0.5) is 0 Å². The van der Waals surface area contributed by atoms with Crippen molar-refractivity contribution in [3.8, 4) is 11.5 Å². The third-order valence-corrected chi connectivity index (χ3v) is 4.36. The summed E-state index contributed by atoms with van der Waals surface area (Å²) in [5, 5.41) is 2.90. The van der Waals surface area contributed by atoms with E-state index in [9.17, 15) is 9.59 Å². The van der Waals surface area contributed by atoms with Gasteiger partial charge in [-0.05, 0) is 38.0 Å². The molecular formula is C18H25NO5. The minimum Gasteiger partial charge on any atom is -0.493 e. The summed E-state index contributed by atoms with van der Waals surface area (Å²) in [7, 11) is 2.90. The van der Waals surface area contributed by atoms with Gasteiger partial charge in [-0.25, -0.2) is 4.79 Å². The van der Waals surface area contributed by atoms with E-state index >= 15 is 0 Å². The SMILES string of the molecule is CCOc1cc(C(=O)NC2(C(=O)OC)CCCCC2)ccc1OC. The topological polar surface area (TPSA) is 73.9 Å². The molecular weight excluding hydrogens is 310 g/mol. The molecule has 0 bridgehead atoms. The summed E-state index contributed by atoms with van der Waals surface area (Å²) in [6, 6.07) is 4.97. The first-order chi connectivity index (χ1) is 11.6. The van der Waals surface area contributed by atoms with Crippen LogP contribution in [0.3, 0.4) is 0 Å². The molecule has 0 heterocycles. The molecule has 6 heteroatoms.